The molecule has 4 heteroatoms. The summed E-state index contributed by atoms with van der Waals surface area (Å²) in [6.07, 6.45) is -2.81. The predicted molar refractivity (Wildman–Crippen MR) is 32.4 cm³/mol. The second kappa shape index (κ2) is 2.65. The van der Waals surface area contributed by atoms with Crippen LogP contribution in [-0.4, -0.2) is 40.9 Å². The monoisotopic (exact) mass is 146 g/mol. The lowest BCUT2D eigenvalue weighted by Gasteiger charge is -2.07. The number of hydrogen-bond donors (Lipinski definition) is 2. The van der Waals surface area contributed by atoms with Crippen LogP contribution in [0.4, 0.5) is 0 Å². The molecule has 1 saturated heterocycles. The first kappa shape index (κ1) is 7.65. The van der Waals surface area contributed by atoms with Gasteiger partial charge < -0.3 is 19.7 Å². The maximum Gasteiger partial charge on any atom is 0.151 e. The molecule has 0 aromatic rings. The number of rotatable bonds is 1. The zero-order valence-corrected chi connectivity index (χ0v) is 5.60. The molecule has 58 valence electrons. The summed E-state index contributed by atoms with van der Waals surface area (Å²) in [5, 5.41) is 18.1. The van der Waals surface area contributed by atoms with Gasteiger partial charge in [-0.3, -0.25) is 0 Å². The highest BCUT2D eigenvalue weighted by atomic mass is 16.5. The Morgan fingerprint density at radius 3 is 2.20 bits per heavy atom. The summed E-state index contributed by atoms with van der Waals surface area (Å²) in [4.78, 5) is 10.1. The molecule has 2 N–H and O–H groups in total. The maximum absolute atomic E-state index is 10.1. The zero-order chi connectivity index (χ0) is 7.72. The molecule has 0 aromatic heterocycles. The van der Waals surface area contributed by atoms with Crippen LogP contribution in [0.25, 0.3) is 0 Å². The fourth-order valence-electron chi connectivity index (χ4n) is 0.993. The first-order chi connectivity index (χ1) is 4.66. The molecule has 1 aliphatic rings. The van der Waals surface area contributed by atoms with Crippen molar-refractivity contribution in [2.75, 3.05) is 0 Å². The van der Waals surface area contributed by atoms with Gasteiger partial charge in [0.25, 0.3) is 0 Å². The smallest absolute Gasteiger partial charge is 0.151 e. The summed E-state index contributed by atoms with van der Waals surface area (Å²) in [6.45, 7) is 1.61. The molecular weight excluding hydrogens is 136 g/mol. The Balaban J connectivity index is 2.61. The largest absolute Gasteiger partial charge is 0.388 e. The van der Waals surface area contributed by atoms with Crippen LogP contribution in [-0.2, 0) is 9.53 Å². The molecule has 0 spiro atoms. The van der Waals surface area contributed by atoms with Gasteiger partial charge in [-0.05, 0) is 6.92 Å². The SMILES string of the molecule is CC1OC(C=O)C(O)C1O. The second-order valence-electron chi connectivity index (χ2n) is 2.42. The van der Waals surface area contributed by atoms with Gasteiger partial charge in [0.2, 0.25) is 0 Å². The molecule has 1 aliphatic heterocycles. The fraction of sp³-hybridized carbons (Fsp3) is 0.833. The van der Waals surface area contributed by atoms with Gasteiger partial charge in [0.1, 0.15) is 18.3 Å². The normalized spacial score (nSPS) is 47.5. The van der Waals surface area contributed by atoms with Crippen molar-refractivity contribution in [1.29, 1.82) is 0 Å². The number of carbonyl (C=O) groups is 1. The number of hydrogen-bond acceptors (Lipinski definition) is 4. The van der Waals surface area contributed by atoms with Gasteiger partial charge in [-0.15, -0.1) is 0 Å². The van der Waals surface area contributed by atoms with E-state index in [0.717, 1.165) is 0 Å². The van der Waals surface area contributed by atoms with E-state index in [4.69, 9.17) is 14.9 Å². The molecule has 1 heterocycles. The molecule has 0 aromatic carbocycles. The summed E-state index contributed by atoms with van der Waals surface area (Å²) in [6, 6.07) is 0. The van der Waals surface area contributed by atoms with E-state index in [1.54, 1.807) is 6.92 Å². The van der Waals surface area contributed by atoms with E-state index in [2.05, 4.69) is 0 Å². The Kier molecular flexibility index (Phi) is 2.03. The molecule has 4 nitrogen and oxygen atoms in total. The van der Waals surface area contributed by atoms with Crippen LogP contribution in [0.3, 0.4) is 0 Å². The Hall–Kier alpha value is -0.450. The van der Waals surface area contributed by atoms with Crippen molar-refractivity contribution in [2.45, 2.75) is 31.3 Å². The molecule has 10 heavy (non-hydrogen) atoms. The van der Waals surface area contributed by atoms with Gasteiger partial charge in [-0.25, -0.2) is 0 Å². The highest BCUT2D eigenvalue weighted by molar-refractivity contribution is 5.58. The standard InChI is InChI=1S/C6H10O4/c1-3-5(8)6(9)4(2-7)10-3/h2-6,8-9H,1H3. The number of ether oxygens (including phenoxy) is 1. The van der Waals surface area contributed by atoms with Crippen LogP contribution in [0.1, 0.15) is 6.92 Å². The molecule has 0 saturated carbocycles. The van der Waals surface area contributed by atoms with E-state index in [-0.39, 0.29) is 0 Å². The summed E-state index contributed by atoms with van der Waals surface area (Å²) < 4.78 is 4.87. The van der Waals surface area contributed by atoms with E-state index in [1.807, 2.05) is 0 Å². The summed E-state index contributed by atoms with van der Waals surface area (Å²) in [7, 11) is 0. The van der Waals surface area contributed by atoms with Crippen LogP contribution >= 0.6 is 0 Å². The van der Waals surface area contributed by atoms with Gasteiger partial charge in [0.15, 0.2) is 6.29 Å². The molecule has 0 bridgehead atoms. The fourth-order valence-corrected chi connectivity index (χ4v) is 0.993. The Morgan fingerprint density at radius 2 is 2.00 bits per heavy atom. The summed E-state index contributed by atoms with van der Waals surface area (Å²) in [5.41, 5.74) is 0. The molecule has 1 rings (SSSR count). The number of aliphatic hydroxyl groups excluding tert-OH is 2. The molecule has 0 aliphatic carbocycles. The van der Waals surface area contributed by atoms with Gasteiger partial charge in [-0.2, -0.15) is 0 Å². The minimum absolute atomic E-state index is 0.454. The zero-order valence-electron chi connectivity index (χ0n) is 5.60. The third-order valence-electron chi connectivity index (χ3n) is 1.67. The molecular formula is C6H10O4. The molecule has 1 fully saturated rings. The maximum atomic E-state index is 10.1. The van der Waals surface area contributed by atoms with Gasteiger partial charge in [-0.1, -0.05) is 0 Å². The van der Waals surface area contributed by atoms with Gasteiger partial charge >= 0.3 is 0 Å². The quantitative estimate of drug-likeness (QED) is 0.451. The van der Waals surface area contributed by atoms with Gasteiger partial charge in [0, 0.05) is 0 Å². The number of aliphatic hydroxyl groups is 2. The summed E-state index contributed by atoms with van der Waals surface area (Å²) in [5.74, 6) is 0. The minimum Gasteiger partial charge on any atom is -0.388 e. The summed E-state index contributed by atoms with van der Waals surface area (Å²) >= 11 is 0. The molecule has 0 radical (unpaired) electrons. The first-order valence-corrected chi connectivity index (χ1v) is 3.13. The van der Waals surface area contributed by atoms with Gasteiger partial charge in [0.05, 0.1) is 6.10 Å². The molecule has 4 atom stereocenters. The van der Waals surface area contributed by atoms with Crippen molar-refractivity contribution in [1.82, 2.24) is 0 Å². The minimum atomic E-state index is -1.06. The third-order valence-corrected chi connectivity index (χ3v) is 1.67. The number of carbonyl (C=O) groups excluding carboxylic acids is 1. The number of aldehydes is 1. The first-order valence-electron chi connectivity index (χ1n) is 3.13. The average molecular weight is 146 g/mol. The van der Waals surface area contributed by atoms with E-state index >= 15 is 0 Å². The van der Waals surface area contributed by atoms with Crippen LogP contribution in [0, 0.1) is 0 Å². The van der Waals surface area contributed by atoms with Crippen molar-refractivity contribution in [3.05, 3.63) is 0 Å². The third kappa shape index (κ3) is 1.05. The van der Waals surface area contributed by atoms with E-state index in [0.29, 0.717) is 6.29 Å². The highest BCUT2D eigenvalue weighted by Gasteiger charge is 2.39. The predicted octanol–water partition coefficient (Wildman–Crippen LogP) is -1.31. The van der Waals surface area contributed by atoms with E-state index < -0.39 is 24.4 Å². The topological polar surface area (TPSA) is 66.8 Å². The van der Waals surface area contributed by atoms with Crippen LogP contribution in [0.2, 0.25) is 0 Å². The Bertz CT molecular complexity index is 136. The molecule has 4 unspecified atom stereocenters. The van der Waals surface area contributed by atoms with Crippen LogP contribution < -0.4 is 0 Å². The second-order valence-corrected chi connectivity index (χ2v) is 2.42. The molecule has 0 amide bonds. The highest BCUT2D eigenvalue weighted by Crippen LogP contribution is 2.18. The van der Waals surface area contributed by atoms with Crippen LogP contribution in [0.15, 0.2) is 0 Å². The van der Waals surface area contributed by atoms with E-state index in [9.17, 15) is 4.79 Å². The van der Waals surface area contributed by atoms with Crippen molar-refractivity contribution in [3.63, 3.8) is 0 Å². The average Bonchev–Trinajstić information content (AvgIpc) is 2.17. The lowest BCUT2D eigenvalue weighted by atomic mass is 10.1. The van der Waals surface area contributed by atoms with Crippen LogP contribution in [0.5, 0.6) is 0 Å². The van der Waals surface area contributed by atoms with Crippen molar-refractivity contribution in [3.8, 4) is 0 Å². The lowest BCUT2D eigenvalue weighted by molar-refractivity contribution is -0.120. The lowest BCUT2D eigenvalue weighted by Crippen LogP contribution is -2.32. The van der Waals surface area contributed by atoms with Crippen molar-refractivity contribution >= 4 is 6.29 Å². The Morgan fingerprint density at radius 1 is 1.40 bits per heavy atom. The van der Waals surface area contributed by atoms with E-state index in [1.165, 1.54) is 0 Å². The Labute approximate surface area is 58.4 Å². The van der Waals surface area contributed by atoms with Crippen molar-refractivity contribution < 1.29 is 19.7 Å². The van der Waals surface area contributed by atoms with Crippen molar-refractivity contribution in [2.24, 2.45) is 0 Å².